The van der Waals surface area contributed by atoms with Crippen molar-refractivity contribution in [2.45, 2.75) is 18.6 Å². The van der Waals surface area contributed by atoms with Crippen molar-refractivity contribution in [1.29, 1.82) is 0 Å². The Bertz CT molecular complexity index is 351. The number of aliphatic carboxylic acids is 1. The van der Waals surface area contributed by atoms with Crippen LogP contribution in [0, 0.1) is 0 Å². The lowest BCUT2D eigenvalue weighted by Gasteiger charge is -2.37. The average Bonchev–Trinajstić information content (AvgIpc) is 2.25. The maximum Gasteiger partial charge on any atom is 0.406 e. The SMILES string of the molecule is CN(CC(F)(F)F)C(=O)N1CCSCC1CC(=O)O. The number of amides is 2. The Kier molecular flexibility index (Phi) is 5.33. The Balaban J connectivity index is 2.68. The number of rotatable bonds is 3. The minimum absolute atomic E-state index is 0.251. The first-order valence-electron chi connectivity index (χ1n) is 5.58. The van der Waals surface area contributed by atoms with Gasteiger partial charge in [0.15, 0.2) is 0 Å². The van der Waals surface area contributed by atoms with Crippen molar-refractivity contribution in [2.24, 2.45) is 0 Å². The summed E-state index contributed by atoms with van der Waals surface area (Å²) in [6, 6.07) is -1.33. The van der Waals surface area contributed by atoms with Crippen molar-refractivity contribution >= 4 is 23.8 Å². The number of nitrogens with zero attached hydrogens (tertiary/aromatic N) is 2. The maximum atomic E-state index is 12.2. The van der Waals surface area contributed by atoms with E-state index in [4.69, 9.17) is 5.11 Å². The molecule has 9 heteroatoms. The van der Waals surface area contributed by atoms with Gasteiger partial charge in [0.05, 0.1) is 12.5 Å². The van der Waals surface area contributed by atoms with Crippen LogP contribution in [0.5, 0.6) is 0 Å². The number of thioether (sulfide) groups is 1. The first kappa shape index (κ1) is 15.9. The molecule has 1 rings (SSSR count). The summed E-state index contributed by atoms with van der Waals surface area (Å²) >= 11 is 1.49. The Morgan fingerprint density at radius 3 is 2.63 bits per heavy atom. The number of hydrogen-bond acceptors (Lipinski definition) is 3. The molecule has 1 heterocycles. The topological polar surface area (TPSA) is 60.9 Å². The van der Waals surface area contributed by atoms with Crippen molar-refractivity contribution in [1.82, 2.24) is 9.80 Å². The van der Waals surface area contributed by atoms with Gasteiger partial charge < -0.3 is 14.9 Å². The Morgan fingerprint density at radius 2 is 2.11 bits per heavy atom. The zero-order chi connectivity index (χ0) is 14.6. The molecular weight excluding hydrogens is 285 g/mol. The third kappa shape index (κ3) is 5.17. The van der Waals surface area contributed by atoms with E-state index in [1.807, 2.05) is 0 Å². The average molecular weight is 300 g/mol. The molecule has 1 fully saturated rings. The molecule has 0 aromatic rings. The largest absolute Gasteiger partial charge is 0.481 e. The summed E-state index contributed by atoms with van der Waals surface area (Å²) in [5.41, 5.74) is 0. The highest BCUT2D eigenvalue weighted by atomic mass is 32.2. The summed E-state index contributed by atoms with van der Waals surface area (Å²) in [5.74, 6) is -0.0386. The molecule has 1 aliphatic heterocycles. The third-order valence-electron chi connectivity index (χ3n) is 2.63. The van der Waals surface area contributed by atoms with E-state index in [2.05, 4.69) is 0 Å². The first-order chi connectivity index (χ1) is 8.70. The minimum Gasteiger partial charge on any atom is -0.481 e. The van der Waals surface area contributed by atoms with Gasteiger partial charge in [0.1, 0.15) is 6.54 Å². The molecule has 0 aromatic carbocycles. The Morgan fingerprint density at radius 1 is 1.47 bits per heavy atom. The number of carboxylic acids is 1. The summed E-state index contributed by atoms with van der Waals surface area (Å²) < 4.78 is 36.7. The zero-order valence-electron chi connectivity index (χ0n) is 10.3. The second-order valence-electron chi connectivity index (χ2n) is 4.27. The van der Waals surface area contributed by atoms with Gasteiger partial charge in [0.25, 0.3) is 0 Å². The molecule has 0 aliphatic carbocycles. The maximum absolute atomic E-state index is 12.2. The molecule has 2 amide bonds. The second kappa shape index (κ2) is 6.36. The molecule has 1 N–H and O–H groups in total. The highest BCUT2D eigenvalue weighted by Crippen LogP contribution is 2.22. The summed E-state index contributed by atoms with van der Waals surface area (Å²) in [4.78, 5) is 24.4. The summed E-state index contributed by atoms with van der Waals surface area (Å²) in [6.07, 6.45) is -4.71. The van der Waals surface area contributed by atoms with Crippen LogP contribution in [0.1, 0.15) is 6.42 Å². The van der Waals surface area contributed by atoms with Crippen molar-refractivity contribution in [3.63, 3.8) is 0 Å². The van der Waals surface area contributed by atoms with Gasteiger partial charge in [-0.1, -0.05) is 0 Å². The van der Waals surface area contributed by atoms with Gasteiger partial charge in [0, 0.05) is 25.1 Å². The van der Waals surface area contributed by atoms with E-state index in [9.17, 15) is 22.8 Å². The lowest BCUT2D eigenvalue weighted by Crippen LogP contribution is -2.53. The molecule has 5 nitrogen and oxygen atoms in total. The predicted octanol–water partition coefficient (Wildman–Crippen LogP) is 1.49. The van der Waals surface area contributed by atoms with Crippen molar-refractivity contribution in [3.05, 3.63) is 0 Å². The van der Waals surface area contributed by atoms with E-state index in [0.717, 1.165) is 7.05 Å². The molecule has 0 bridgehead atoms. The fraction of sp³-hybridized carbons (Fsp3) is 0.800. The van der Waals surface area contributed by atoms with Crippen LogP contribution in [0.2, 0.25) is 0 Å². The normalized spacial score (nSPS) is 20.2. The molecule has 0 saturated carbocycles. The monoisotopic (exact) mass is 300 g/mol. The minimum atomic E-state index is -4.46. The highest BCUT2D eigenvalue weighted by molar-refractivity contribution is 7.99. The molecule has 0 aromatic heterocycles. The lowest BCUT2D eigenvalue weighted by molar-refractivity contribution is -0.141. The van der Waals surface area contributed by atoms with E-state index in [0.29, 0.717) is 16.4 Å². The molecule has 1 unspecified atom stereocenters. The van der Waals surface area contributed by atoms with Crippen LogP contribution in [0.3, 0.4) is 0 Å². The second-order valence-corrected chi connectivity index (χ2v) is 5.42. The molecule has 1 saturated heterocycles. The van der Waals surface area contributed by atoms with Crippen LogP contribution in [0.25, 0.3) is 0 Å². The van der Waals surface area contributed by atoms with E-state index in [1.165, 1.54) is 16.7 Å². The zero-order valence-corrected chi connectivity index (χ0v) is 11.1. The number of urea groups is 1. The number of carbonyl (C=O) groups is 2. The van der Waals surface area contributed by atoms with E-state index in [-0.39, 0.29) is 13.0 Å². The smallest absolute Gasteiger partial charge is 0.406 e. The fourth-order valence-corrected chi connectivity index (χ4v) is 2.90. The van der Waals surface area contributed by atoms with E-state index in [1.54, 1.807) is 0 Å². The summed E-state index contributed by atoms with van der Waals surface area (Å²) in [6.45, 7) is -1.07. The number of hydrogen-bond donors (Lipinski definition) is 1. The number of alkyl halides is 3. The van der Waals surface area contributed by atoms with Crippen LogP contribution in [-0.2, 0) is 4.79 Å². The van der Waals surface area contributed by atoms with E-state index >= 15 is 0 Å². The third-order valence-corrected chi connectivity index (χ3v) is 3.72. The van der Waals surface area contributed by atoms with Crippen LogP contribution in [0.15, 0.2) is 0 Å². The first-order valence-corrected chi connectivity index (χ1v) is 6.74. The van der Waals surface area contributed by atoms with Gasteiger partial charge in [-0.05, 0) is 0 Å². The summed E-state index contributed by atoms with van der Waals surface area (Å²) in [7, 11) is 1.06. The van der Waals surface area contributed by atoms with Gasteiger partial charge in [-0.15, -0.1) is 0 Å². The number of carbonyl (C=O) groups excluding carboxylic acids is 1. The van der Waals surface area contributed by atoms with Crippen molar-refractivity contribution in [3.8, 4) is 0 Å². The highest BCUT2D eigenvalue weighted by Gasteiger charge is 2.35. The molecule has 0 radical (unpaired) electrons. The summed E-state index contributed by atoms with van der Waals surface area (Å²) in [5, 5.41) is 8.75. The van der Waals surface area contributed by atoms with Gasteiger partial charge in [-0.3, -0.25) is 4.79 Å². The lowest BCUT2D eigenvalue weighted by atomic mass is 10.2. The van der Waals surface area contributed by atoms with E-state index < -0.39 is 30.8 Å². The van der Waals surface area contributed by atoms with Gasteiger partial charge in [0.2, 0.25) is 0 Å². The van der Waals surface area contributed by atoms with Crippen LogP contribution >= 0.6 is 11.8 Å². The van der Waals surface area contributed by atoms with Crippen LogP contribution in [-0.4, -0.2) is 70.8 Å². The van der Waals surface area contributed by atoms with Crippen LogP contribution in [0.4, 0.5) is 18.0 Å². The quantitative estimate of drug-likeness (QED) is 0.858. The van der Waals surface area contributed by atoms with Crippen molar-refractivity contribution < 1.29 is 27.9 Å². The molecule has 1 atom stereocenters. The van der Waals surface area contributed by atoms with Crippen LogP contribution < -0.4 is 0 Å². The molecule has 19 heavy (non-hydrogen) atoms. The molecule has 1 aliphatic rings. The predicted molar refractivity (Wildman–Crippen MR) is 64.2 cm³/mol. The van der Waals surface area contributed by atoms with Gasteiger partial charge in [-0.2, -0.15) is 24.9 Å². The molecule has 0 spiro atoms. The number of halogens is 3. The molecular formula is C10H15F3N2O3S. The molecule has 110 valence electrons. The van der Waals surface area contributed by atoms with Gasteiger partial charge >= 0.3 is 18.2 Å². The number of carboxylic acid groups (broad SMARTS) is 1. The Labute approximate surface area is 112 Å². The van der Waals surface area contributed by atoms with Crippen molar-refractivity contribution in [2.75, 3.05) is 31.6 Å². The van der Waals surface area contributed by atoms with Gasteiger partial charge in [-0.25, -0.2) is 4.79 Å². The fourth-order valence-electron chi connectivity index (χ4n) is 1.83. The Hall–Kier alpha value is -1.12. The standard InChI is InChI=1S/C10H15F3N2O3S/c1-14(6-10(11,12)13)9(18)15-2-3-19-5-7(15)4-8(16)17/h7H,2-6H2,1H3,(H,16,17).